The van der Waals surface area contributed by atoms with E-state index in [4.69, 9.17) is 18.9 Å². The topological polar surface area (TPSA) is 54.0 Å². The van der Waals surface area contributed by atoms with Crippen LogP contribution < -0.4 is 9.47 Å². The van der Waals surface area contributed by atoms with Crippen LogP contribution in [0.3, 0.4) is 0 Å². The van der Waals surface area contributed by atoms with Crippen LogP contribution in [0, 0.1) is 0 Å². The number of methoxy groups -OCH3 is 2. The molecule has 0 atom stereocenters. The largest absolute Gasteiger partial charge is 0.489 e. The van der Waals surface area contributed by atoms with Crippen LogP contribution >= 0.6 is 0 Å². The standard InChI is InChI=1S/C17H18O5/c1-19-12-22-16-10-14(8-9-15(16)17(18)20-2)21-11-13-6-4-3-5-7-13/h3-10H,11-12H2,1-2H3. The van der Waals surface area contributed by atoms with Crippen LogP contribution in [-0.2, 0) is 16.1 Å². The molecule has 0 saturated carbocycles. The summed E-state index contributed by atoms with van der Waals surface area (Å²) in [6, 6.07) is 14.8. The van der Waals surface area contributed by atoms with Crippen molar-refractivity contribution in [2.45, 2.75) is 6.61 Å². The minimum Gasteiger partial charge on any atom is -0.489 e. The van der Waals surface area contributed by atoms with Crippen LogP contribution in [0.5, 0.6) is 11.5 Å². The van der Waals surface area contributed by atoms with Crippen LogP contribution in [0.1, 0.15) is 15.9 Å². The van der Waals surface area contributed by atoms with Crippen molar-refractivity contribution >= 4 is 5.97 Å². The maximum atomic E-state index is 11.7. The number of benzene rings is 2. The average Bonchev–Trinajstić information content (AvgIpc) is 2.58. The number of hydrogen-bond acceptors (Lipinski definition) is 5. The minimum absolute atomic E-state index is 0.0339. The van der Waals surface area contributed by atoms with Gasteiger partial charge >= 0.3 is 5.97 Å². The molecule has 0 radical (unpaired) electrons. The van der Waals surface area contributed by atoms with E-state index in [0.717, 1.165) is 5.56 Å². The van der Waals surface area contributed by atoms with Gasteiger partial charge in [0.2, 0.25) is 0 Å². The summed E-state index contributed by atoms with van der Waals surface area (Å²) in [6.45, 7) is 0.467. The molecule has 0 aliphatic rings. The highest BCUT2D eigenvalue weighted by Gasteiger charge is 2.14. The number of carbonyl (C=O) groups excluding carboxylic acids is 1. The van der Waals surface area contributed by atoms with E-state index in [-0.39, 0.29) is 6.79 Å². The first-order valence-corrected chi connectivity index (χ1v) is 6.75. The highest BCUT2D eigenvalue weighted by molar-refractivity contribution is 5.92. The lowest BCUT2D eigenvalue weighted by atomic mass is 10.2. The van der Waals surface area contributed by atoms with Crippen LogP contribution in [0.4, 0.5) is 0 Å². The zero-order chi connectivity index (χ0) is 15.8. The van der Waals surface area contributed by atoms with Crippen molar-refractivity contribution in [3.05, 3.63) is 59.7 Å². The lowest BCUT2D eigenvalue weighted by molar-refractivity contribution is 0.0463. The van der Waals surface area contributed by atoms with Crippen LogP contribution in [0.15, 0.2) is 48.5 Å². The molecular weight excluding hydrogens is 284 g/mol. The quantitative estimate of drug-likeness (QED) is 0.581. The molecule has 116 valence electrons. The Labute approximate surface area is 129 Å². The van der Waals surface area contributed by atoms with Gasteiger partial charge in [0.05, 0.1) is 7.11 Å². The molecule has 0 heterocycles. The van der Waals surface area contributed by atoms with Crippen molar-refractivity contribution in [1.82, 2.24) is 0 Å². The Morgan fingerprint density at radius 2 is 1.77 bits per heavy atom. The maximum Gasteiger partial charge on any atom is 0.341 e. The Hall–Kier alpha value is -2.53. The fourth-order valence-corrected chi connectivity index (χ4v) is 1.85. The van der Waals surface area contributed by atoms with Gasteiger partial charge < -0.3 is 18.9 Å². The lowest BCUT2D eigenvalue weighted by Crippen LogP contribution is -2.08. The fourth-order valence-electron chi connectivity index (χ4n) is 1.85. The van der Waals surface area contributed by atoms with Gasteiger partial charge in [0.15, 0.2) is 6.79 Å². The molecular formula is C17H18O5. The van der Waals surface area contributed by atoms with Gasteiger partial charge in [-0.25, -0.2) is 4.79 Å². The van der Waals surface area contributed by atoms with Gasteiger partial charge in [0.1, 0.15) is 23.7 Å². The summed E-state index contributed by atoms with van der Waals surface area (Å²) in [4.78, 5) is 11.7. The summed E-state index contributed by atoms with van der Waals surface area (Å²) < 4.78 is 20.7. The maximum absolute atomic E-state index is 11.7. The average molecular weight is 302 g/mol. The van der Waals surface area contributed by atoms with E-state index in [1.54, 1.807) is 18.2 Å². The third-order valence-corrected chi connectivity index (χ3v) is 2.94. The monoisotopic (exact) mass is 302 g/mol. The Bertz CT molecular complexity index is 610. The van der Waals surface area contributed by atoms with Crippen LogP contribution in [-0.4, -0.2) is 27.0 Å². The van der Waals surface area contributed by atoms with Crippen LogP contribution in [0.25, 0.3) is 0 Å². The zero-order valence-corrected chi connectivity index (χ0v) is 12.6. The molecule has 0 saturated heterocycles. The zero-order valence-electron chi connectivity index (χ0n) is 12.6. The number of esters is 1. The van der Waals surface area contributed by atoms with Crippen molar-refractivity contribution in [3.63, 3.8) is 0 Å². The van der Waals surface area contributed by atoms with E-state index >= 15 is 0 Å². The number of hydrogen-bond donors (Lipinski definition) is 0. The minimum atomic E-state index is -0.472. The van der Waals surface area contributed by atoms with Crippen molar-refractivity contribution in [2.75, 3.05) is 21.0 Å². The van der Waals surface area contributed by atoms with Gasteiger partial charge in [-0.05, 0) is 17.7 Å². The molecule has 0 spiro atoms. The summed E-state index contributed by atoms with van der Waals surface area (Å²) in [5.74, 6) is 0.489. The van der Waals surface area contributed by atoms with E-state index in [0.29, 0.717) is 23.7 Å². The van der Waals surface area contributed by atoms with Crippen molar-refractivity contribution in [3.8, 4) is 11.5 Å². The Kier molecular flexibility index (Phi) is 5.80. The molecule has 0 aliphatic carbocycles. The first-order valence-electron chi connectivity index (χ1n) is 6.75. The van der Waals surface area contributed by atoms with Crippen molar-refractivity contribution in [2.24, 2.45) is 0 Å². The molecule has 0 aliphatic heterocycles. The summed E-state index contributed by atoms with van der Waals surface area (Å²) in [5, 5.41) is 0. The summed E-state index contributed by atoms with van der Waals surface area (Å²) in [7, 11) is 2.83. The molecule has 0 fully saturated rings. The first-order chi connectivity index (χ1) is 10.7. The Morgan fingerprint density at radius 1 is 1.00 bits per heavy atom. The van der Waals surface area contributed by atoms with E-state index < -0.39 is 5.97 Å². The summed E-state index contributed by atoms with van der Waals surface area (Å²) in [6.07, 6.45) is 0. The van der Waals surface area contributed by atoms with E-state index in [9.17, 15) is 4.79 Å². The molecule has 0 aromatic heterocycles. The number of ether oxygens (including phenoxy) is 4. The number of rotatable bonds is 7. The molecule has 0 N–H and O–H groups in total. The molecule has 2 rings (SSSR count). The van der Waals surface area contributed by atoms with E-state index in [1.807, 2.05) is 30.3 Å². The van der Waals surface area contributed by atoms with Crippen LogP contribution in [0.2, 0.25) is 0 Å². The van der Waals surface area contributed by atoms with Gasteiger partial charge in [0, 0.05) is 13.2 Å². The van der Waals surface area contributed by atoms with Gasteiger partial charge in [-0.15, -0.1) is 0 Å². The smallest absolute Gasteiger partial charge is 0.341 e. The second-order valence-corrected chi connectivity index (χ2v) is 4.47. The van der Waals surface area contributed by atoms with Gasteiger partial charge in [-0.1, -0.05) is 30.3 Å². The molecule has 5 heteroatoms. The molecule has 0 unspecified atom stereocenters. The molecule has 2 aromatic carbocycles. The third-order valence-electron chi connectivity index (χ3n) is 2.94. The fraction of sp³-hybridized carbons (Fsp3) is 0.235. The van der Waals surface area contributed by atoms with E-state index in [2.05, 4.69) is 0 Å². The second kappa shape index (κ2) is 8.05. The van der Waals surface area contributed by atoms with E-state index in [1.165, 1.54) is 14.2 Å². The SMILES string of the molecule is COCOc1cc(OCc2ccccc2)ccc1C(=O)OC. The summed E-state index contributed by atoms with van der Waals surface area (Å²) in [5.41, 5.74) is 1.38. The lowest BCUT2D eigenvalue weighted by Gasteiger charge is -2.12. The van der Waals surface area contributed by atoms with Gasteiger partial charge in [-0.2, -0.15) is 0 Å². The molecule has 5 nitrogen and oxygen atoms in total. The number of carbonyl (C=O) groups is 1. The summed E-state index contributed by atoms with van der Waals surface area (Å²) >= 11 is 0. The Balaban J connectivity index is 2.13. The predicted octanol–water partition coefficient (Wildman–Crippen LogP) is 3.03. The molecule has 0 amide bonds. The second-order valence-electron chi connectivity index (χ2n) is 4.47. The molecule has 22 heavy (non-hydrogen) atoms. The van der Waals surface area contributed by atoms with Gasteiger partial charge in [0.25, 0.3) is 0 Å². The first kappa shape index (κ1) is 15.9. The highest BCUT2D eigenvalue weighted by Crippen LogP contribution is 2.26. The highest BCUT2D eigenvalue weighted by atomic mass is 16.7. The Morgan fingerprint density at radius 3 is 2.45 bits per heavy atom. The van der Waals surface area contributed by atoms with Gasteiger partial charge in [-0.3, -0.25) is 0 Å². The molecule has 0 bridgehead atoms. The molecule has 2 aromatic rings. The normalized spacial score (nSPS) is 10.1. The van der Waals surface area contributed by atoms with Crippen molar-refractivity contribution in [1.29, 1.82) is 0 Å². The predicted molar refractivity (Wildman–Crippen MR) is 81.1 cm³/mol. The third kappa shape index (κ3) is 4.23. The van der Waals surface area contributed by atoms with Crippen molar-refractivity contribution < 1.29 is 23.7 Å².